The number of carbonyl (C=O) groups is 1. The Morgan fingerprint density at radius 2 is 2.33 bits per heavy atom. The van der Waals surface area contributed by atoms with Crippen LogP contribution in [0, 0.1) is 0 Å². The number of thiophene rings is 2. The fraction of sp³-hybridized carbons (Fsp3) is 0.308. The summed E-state index contributed by atoms with van der Waals surface area (Å²) in [5, 5.41) is 9.22. The number of hydrogen-bond acceptors (Lipinski definition) is 5. The van der Waals surface area contributed by atoms with Gasteiger partial charge in [0.05, 0.1) is 6.61 Å². The van der Waals surface area contributed by atoms with E-state index >= 15 is 0 Å². The Morgan fingerprint density at radius 1 is 1.44 bits per heavy atom. The van der Waals surface area contributed by atoms with Crippen molar-refractivity contribution in [2.45, 2.75) is 19.5 Å². The fourth-order valence-corrected chi connectivity index (χ4v) is 2.96. The van der Waals surface area contributed by atoms with Crippen molar-refractivity contribution in [1.29, 1.82) is 0 Å². The normalized spacial score (nSPS) is 12.3. The smallest absolute Gasteiger partial charge is 0.327 e. The van der Waals surface area contributed by atoms with Gasteiger partial charge < -0.3 is 4.74 Å². The van der Waals surface area contributed by atoms with Crippen molar-refractivity contribution in [2.75, 3.05) is 6.61 Å². The summed E-state index contributed by atoms with van der Waals surface area (Å²) in [6.07, 6.45) is 0. The lowest BCUT2D eigenvalue weighted by atomic mass is 10.1. The van der Waals surface area contributed by atoms with Crippen LogP contribution in [-0.4, -0.2) is 12.6 Å². The molecule has 0 bridgehead atoms. The lowest BCUT2D eigenvalue weighted by Crippen LogP contribution is -2.29. The maximum atomic E-state index is 11.9. The average molecular weight is 281 g/mol. The van der Waals surface area contributed by atoms with Crippen molar-refractivity contribution >= 4 is 28.6 Å². The molecule has 0 amide bonds. The summed E-state index contributed by atoms with van der Waals surface area (Å²) in [6.45, 7) is 2.90. The van der Waals surface area contributed by atoms with E-state index in [1.54, 1.807) is 22.7 Å². The van der Waals surface area contributed by atoms with Crippen LogP contribution < -0.4 is 5.32 Å². The highest BCUT2D eigenvalue weighted by Crippen LogP contribution is 2.19. The third kappa shape index (κ3) is 3.41. The first-order valence-corrected chi connectivity index (χ1v) is 7.58. The zero-order chi connectivity index (χ0) is 12.8. The molecule has 0 saturated carbocycles. The summed E-state index contributed by atoms with van der Waals surface area (Å²) >= 11 is 3.26. The molecule has 2 heterocycles. The summed E-state index contributed by atoms with van der Waals surface area (Å²) in [7, 11) is 0. The Labute approximate surface area is 114 Å². The Hall–Kier alpha value is -1.17. The van der Waals surface area contributed by atoms with Gasteiger partial charge in [0.15, 0.2) is 0 Å². The third-order valence-electron chi connectivity index (χ3n) is 2.46. The molecule has 0 aliphatic rings. The molecule has 0 spiro atoms. The molecular weight excluding hydrogens is 266 g/mol. The predicted octanol–water partition coefficient (Wildman–Crippen LogP) is 3.20. The first-order chi connectivity index (χ1) is 8.81. The number of hydrogen-bond donors (Lipinski definition) is 1. The molecule has 0 aliphatic carbocycles. The van der Waals surface area contributed by atoms with Crippen LogP contribution in [-0.2, 0) is 16.1 Å². The molecule has 1 unspecified atom stereocenters. The van der Waals surface area contributed by atoms with E-state index in [-0.39, 0.29) is 12.0 Å². The molecule has 2 rings (SSSR count). The minimum absolute atomic E-state index is 0.215. The van der Waals surface area contributed by atoms with Gasteiger partial charge in [-0.1, -0.05) is 6.07 Å². The Bertz CT molecular complexity index is 465. The van der Waals surface area contributed by atoms with Gasteiger partial charge in [-0.05, 0) is 40.8 Å². The first kappa shape index (κ1) is 13.3. The SMILES string of the molecule is CCOC(=O)C(NCc1cccs1)c1ccsc1. The molecular formula is C13H15NO2S2. The van der Waals surface area contributed by atoms with Gasteiger partial charge in [0, 0.05) is 11.4 Å². The van der Waals surface area contributed by atoms with E-state index in [0.717, 1.165) is 5.56 Å². The Morgan fingerprint density at radius 3 is 2.94 bits per heavy atom. The minimum atomic E-state index is -0.377. The van der Waals surface area contributed by atoms with Crippen LogP contribution >= 0.6 is 22.7 Å². The molecule has 18 heavy (non-hydrogen) atoms. The number of ether oxygens (including phenoxy) is 1. The molecule has 0 saturated heterocycles. The van der Waals surface area contributed by atoms with Gasteiger partial charge in [-0.25, -0.2) is 4.79 Å². The van der Waals surface area contributed by atoms with Crippen molar-refractivity contribution < 1.29 is 9.53 Å². The van der Waals surface area contributed by atoms with E-state index in [0.29, 0.717) is 13.2 Å². The van der Waals surface area contributed by atoms with Crippen molar-refractivity contribution in [3.8, 4) is 0 Å². The van der Waals surface area contributed by atoms with Crippen LogP contribution in [0.15, 0.2) is 34.3 Å². The van der Waals surface area contributed by atoms with Crippen molar-refractivity contribution in [1.82, 2.24) is 5.32 Å². The van der Waals surface area contributed by atoms with Gasteiger partial charge in [0.2, 0.25) is 0 Å². The number of rotatable bonds is 6. The van der Waals surface area contributed by atoms with Gasteiger partial charge in [0.25, 0.3) is 0 Å². The van der Waals surface area contributed by atoms with E-state index in [4.69, 9.17) is 4.74 Å². The second-order valence-corrected chi connectivity index (χ2v) is 5.51. The zero-order valence-corrected chi connectivity index (χ0v) is 11.7. The Balaban J connectivity index is 2.03. The van der Waals surface area contributed by atoms with Gasteiger partial charge in [0.1, 0.15) is 6.04 Å². The third-order valence-corrected chi connectivity index (χ3v) is 4.04. The summed E-state index contributed by atoms with van der Waals surface area (Å²) in [5.74, 6) is -0.215. The maximum absolute atomic E-state index is 11.9. The predicted molar refractivity (Wildman–Crippen MR) is 74.9 cm³/mol. The molecule has 3 nitrogen and oxygen atoms in total. The molecule has 0 aliphatic heterocycles. The lowest BCUT2D eigenvalue weighted by Gasteiger charge is -2.15. The first-order valence-electron chi connectivity index (χ1n) is 5.75. The molecule has 0 radical (unpaired) electrons. The summed E-state index contributed by atoms with van der Waals surface area (Å²) in [5.41, 5.74) is 0.968. The molecule has 0 fully saturated rings. The molecule has 5 heteroatoms. The molecule has 2 aromatic heterocycles. The summed E-state index contributed by atoms with van der Waals surface area (Å²) in [6, 6.07) is 5.63. The van der Waals surface area contributed by atoms with Crippen molar-refractivity contribution in [3.05, 3.63) is 44.8 Å². The van der Waals surface area contributed by atoms with E-state index in [1.165, 1.54) is 4.88 Å². The summed E-state index contributed by atoms with van der Waals surface area (Å²) in [4.78, 5) is 13.1. The average Bonchev–Trinajstić information content (AvgIpc) is 3.01. The monoisotopic (exact) mass is 281 g/mol. The van der Waals surface area contributed by atoms with E-state index in [1.807, 2.05) is 41.3 Å². The van der Waals surface area contributed by atoms with Crippen LogP contribution in [0.4, 0.5) is 0 Å². The highest BCUT2D eigenvalue weighted by Gasteiger charge is 2.21. The summed E-state index contributed by atoms with van der Waals surface area (Å²) < 4.78 is 5.10. The van der Waals surface area contributed by atoms with Crippen LogP contribution in [0.5, 0.6) is 0 Å². The maximum Gasteiger partial charge on any atom is 0.327 e. The van der Waals surface area contributed by atoms with Crippen molar-refractivity contribution in [2.24, 2.45) is 0 Å². The topological polar surface area (TPSA) is 38.3 Å². The van der Waals surface area contributed by atoms with Crippen LogP contribution in [0.25, 0.3) is 0 Å². The van der Waals surface area contributed by atoms with Gasteiger partial charge in [-0.15, -0.1) is 11.3 Å². The number of esters is 1. The van der Waals surface area contributed by atoms with E-state index < -0.39 is 0 Å². The highest BCUT2D eigenvalue weighted by atomic mass is 32.1. The van der Waals surface area contributed by atoms with Gasteiger partial charge in [-0.2, -0.15) is 11.3 Å². The molecule has 1 N–H and O–H groups in total. The zero-order valence-electron chi connectivity index (χ0n) is 10.1. The number of carbonyl (C=O) groups excluding carboxylic acids is 1. The van der Waals surface area contributed by atoms with E-state index in [9.17, 15) is 4.79 Å². The van der Waals surface area contributed by atoms with E-state index in [2.05, 4.69) is 5.32 Å². The van der Waals surface area contributed by atoms with Gasteiger partial charge in [-0.3, -0.25) is 5.32 Å². The van der Waals surface area contributed by atoms with Gasteiger partial charge >= 0.3 is 5.97 Å². The molecule has 0 aromatic carbocycles. The van der Waals surface area contributed by atoms with Crippen LogP contribution in [0.1, 0.15) is 23.4 Å². The minimum Gasteiger partial charge on any atom is -0.465 e. The molecule has 2 aromatic rings. The number of nitrogens with one attached hydrogen (secondary N) is 1. The quantitative estimate of drug-likeness (QED) is 0.826. The Kier molecular flexibility index (Phi) is 4.92. The van der Waals surface area contributed by atoms with Crippen LogP contribution in [0.2, 0.25) is 0 Å². The second kappa shape index (κ2) is 6.68. The standard InChI is InChI=1S/C13H15NO2S2/c1-2-16-13(15)12(10-5-7-17-9-10)14-8-11-4-3-6-18-11/h3-7,9,12,14H,2,8H2,1H3. The fourth-order valence-electron chi connectivity index (χ4n) is 1.62. The highest BCUT2D eigenvalue weighted by molar-refractivity contribution is 7.09. The largest absolute Gasteiger partial charge is 0.465 e. The lowest BCUT2D eigenvalue weighted by molar-refractivity contribution is -0.145. The van der Waals surface area contributed by atoms with Crippen molar-refractivity contribution in [3.63, 3.8) is 0 Å². The molecule has 96 valence electrons. The molecule has 1 atom stereocenters. The van der Waals surface area contributed by atoms with Crippen LogP contribution in [0.3, 0.4) is 0 Å². The second-order valence-electron chi connectivity index (χ2n) is 3.70.